The molecule has 0 radical (unpaired) electrons. The van der Waals surface area contributed by atoms with E-state index in [-0.39, 0.29) is 0 Å². The van der Waals surface area contributed by atoms with Gasteiger partial charge < -0.3 is 0 Å². The van der Waals surface area contributed by atoms with Crippen LogP contribution in [0.3, 0.4) is 0 Å². The molecule has 54 heavy (non-hydrogen) atoms. The SMILES string of the molecule is N#Cc1cccc(-c2nc(-c3ccc(-c4ccccc4)cc3)nc(-c3cccc(-c4cccc(-c5ccccc5)c4-c4ccc5ccccc5c4)c3)n2)c1. The molecule has 0 bridgehead atoms. The number of hydrogen-bond acceptors (Lipinski definition) is 4. The van der Waals surface area contributed by atoms with E-state index in [1.165, 1.54) is 10.8 Å². The largest absolute Gasteiger partial charge is 0.208 e. The van der Waals surface area contributed by atoms with Gasteiger partial charge in [-0.25, -0.2) is 15.0 Å². The molecule has 252 valence electrons. The Morgan fingerprint density at radius 2 is 0.796 bits per heavy atom. The van der Waals surface area contributed by atoms with Gasteiger partial charge in [0.15, 0.2) is 17.5 Å². The van der Waals surface area contributed by atoms with Crippen LogP contribution >= 0.6 is 0 Å². The summed E-state index contributed by atoms with van der Waals surface area (Å²) in [5, 5.41) is 12.1. The van der Waals surface area contributed by atoms with Crippen LogP contribution in [0.4, 0.5) is 0 Å². The van der Waals surface area contributed by atoms with Crippen molar-refractivity contribution in [3.63, 3.8) is 0 Å². The first-order chi connectivity index (χ1) is 26.7. The molecule has 9 aromatic rings. The highest BCUT2D eigenvalue weighted by molar-refractivity contribution is 5.98. The van der Waals surface area contributed by atoms with Gasteiger partial charge in [0, 0.05) is 16.7 Å². The molecule has 0 spiro atoms. The van der Waals surface area contributed by atoms with Crippen molar-refractivity contribution in [1.29, 1.82) is 5.26 Å². The fourth-order valence-corrected chi connectivity index (χ4v) is 7.07. The third-order valence-electron chi connectivity index (χ3n) is 9.75. The van der Waals surface area contributed by atoms with E-state index in [1.807, 2.05) is 42.5 Å². The molecule has 0 aliphatic carbocycles. The van der Waals surface area contributed by atoms with Gasteiger partial charge in [0.1, 0.15) is 0 Å². The van der Waals surface area contributed by atoms with Gasteiger partial charge in [-0.15, -0.1) is 0 Å². The van der Waals surface area contributed by atoms with Gasteiger partial charge >= 0.3 is 0 Å². The van der Waals surface area contributed by atoms with E-state index < -0.39 is 0 Å². The summed E-state index contributed by atoms with van der Waals surface area (Å²) in [7, 11) is 0. The molecule has 0 atom stereocenters. The van der Waals surface area contributed by atoms with Gasteiger partial charge in [-0.3, -0.25) is 0 Å². The summed E-state index contributed by atoms with van der Waals surface area (Å²) in [6.07, 6.45) is 0. The first-order valence-electron chi connectivity index (χ1n) is 17.9. The summed E-state index contributed by atoms with van der Waals surface area (Å²) >= 11 is 0. The van der Waals surface area contributed by atoms with Crippen molar-refractivity contribution in [2.75, 3.05) is 0 Å². The topological polar surface area (TPSA) is 62.5 Å². The maximum Gasteiger partial charge on any atom is 0.164 e. The predicted octanol–water partition coefficient (Wildman–Crippen LogP) is 12.6. The Hall–Kier alpha value is -7.48. The molecular formula is C50H32N4. The van der Waals surface area contributed by atoms with Crippen LogP contribution in [0.2, 0.25) is 0 Å². The van der Waals surface area contributed by atoms with Crippen LogP contribution < -0.4 is 0 Å². The van der Waals surface area contributed by atoms with E-state index in [4.69, 9.17) is 15.0 Å². The van der Waals surface area contributed by atoms with Crippen molar-refractivity contribution >= 4 is 10.8 Å². The Bertz CT molecular complexity index is 2820. The van der Waals surface area contributed by atoms with Crippen LogP contribution in [-0.4, -0.2) is 15.0 Å². The molecule has 0 N–H and O–H groups in total. The maximum absolute atomic E-state index is 9.68. The van der Waals surface area contributed by atoms with Crippen LogP contribution in [0.1, 0.15) is 5.56 Å². The maximum atomic E-state index is 9.68. The van der Waals surface area contributed by atoms with E-state index in [0.29, 0.717) is 23.0 Å². The zero-order valence-corrected chi connectivity index (χ0v) is 29.3. The smallest absolute Gasteiger partial charge is 0.164 e. The molecule has 9 rings (SSSR count). The standard InChI is InChI=1S/C50H32N4/c51-33-34-12-9-20-43(30-34)49-52-48(39-27-24-37(25-28-39)35-13-3-1-4-14-35)53-50(54-49)44-21-10-19-41(32-44)46-23-11-22-45(38-16-5-2-6-17-38)47(46)42-29-26-36-15-7-8-18-40(36)31-42/h1-32H. The summed E-state index contributed by atoms with van der Waals surface area (Å²) in [4.78, 5) is 15.0. The monoisotopic (exact) mass is 688 g/mol. The van der Waals surface area contributed by atoms with E-state index in [2.05, 4.69) is 152 Å². The lowest BCUT2D eigenvalue weighted by molar-refractivity contribution is 1.07. The summed E-state index contributed by atoms with van der Waals surface area (Å²) in [5.41, 5.74) is 12.1. The molecule has 8 aromatic carbocycles. The zero-order valence-electron chi connectivity index (χ0n) is 29.3. The number of hydrogen-bond donors (Lipinski definition) is 0. The van der Waals surface area contributed by atoms with Gasteiger partial charge in [-0.1, -0.05) is 170 Å². The first kappa shape index (κ1) is 32.4. The highest BCUT2D eigenvalue weighted by Gasteiger charge is 2.17. The third kappa shape index (κ3) is 6.43. The summed E-state index contributed by atoms with van der Waals surface area (Å²) in [6.45, 7) is 0. The van der Waals surface area contributed by atoms with E-state index in [1.54, 1.807) is 6.07 Å². The second kappa shape index (κ2) is 14.3. The van der Waals surface area contributed by atoms with Crippen LogP contribution in [0.15, 0.2) is 194 Å². The Labute approximate surface area is 314 Å². The molecular weight excluding hydrogens is 657 g/mol. The fraction of sp³-hybridized carbons (Fsp3) is 0. The zero-order chi connectivity index (χ0) is 36.3. The molecule has 0 aliphatic heterocycles. The Balaban J connectivity index is 1.20. The Morgan fingerprint density at radius 3 is 1.50 bits per heavy atom. The molecule has 4 heteroatoms. The molecule has 0 unspecified atom stereocenters. The Kier molecular flexibility index (Phi) is 8.57. The lowest BCUT2D eigenvalue weighted by Crippen LogP contribution is -2.00. The summed E-state index contributed by atoms with van der Waals surface area (Å²) < 4.78 is 0. The minimum absolute atomic E-state index is 0.507. The predicted molar refractivity (Wildman–Crippen MR) is 220 cm³/mol. The van der Waals surface area contributed by atoms with Crippen molar-refractivity contribution in [2.24, 2.45) is 0 Å². The average Bonchev–Trinajstić information content (AvgIpc) is 3.26. The highest BCUT2D eigenvalue weighted by atomic mass is 15.0. The van der Waals surface area contributed by atoms with Crippen molar-refractivity contribution in [2.45, 2.75) is 0 Å². The van der Waals surface area contributed by atoms with Gasteiger partial charge in [0.05, 0.1) is 11.6 Å². The minimum Gasteiger partial charge on any atom is -0.208 e. The number of aromatic nitrogens is 3. The molecule has 0 amide bonds. The second-order valence-electron chi connectivity index (χ2n) is 13.2. The van der Waals surface area contributed by atoms with E-state index >= 15 is 0 Å². The molecule has 4 nitrogen and oxygen atoms in total. The molecule has 0 saturated carbocycles. The Morgan fingerprint density at radius 1 is 0.315 bits per heavy atom. The van der Waals surface area contributed by atoms with Crippen molar-refractivity contribution in [3.8, 4) is 84.7 Å². The van der Waals surface area contributed by atoms with E-state index in [9.17, 15) is 5.26 Å². The lowest BCUT2D eigenvalue weighted by Gasteiger charge is -2.17. The number of nitriles is 1. The highest BCUT2D eigenvalue weighted by Crippen LogP contribution is 2.42. The average molecular weight is 689 g/mol. The summed E-state index contributed by atoms with van der Waals surface area (Å²) in [5.74, 6) is 1.62. The van der Waals surface area contributed by atoms with Gasteiger partial charge in [0.2, 0.25) is 0 Å². The van der Waals surface area contributed by atoms with Crippen LogP contribution in [-0.2, 0) is 0 Å². The molecule has 1 heterocycles. The van der Waals surface area contributed by atoms with Crippen molar-refractivity contribution in [1.82, 2.24) is 15.0 Å². The van der Waals surface area contributed by atoms with Gasteiger partial charge in [0.25, 0.3) is 0 Å². The minimum atomic E-state index is 0.507. The normalized spacial score (nSPS) is 10.9. The lowest BCUT2D eigenvalue weighted by atomic mass is 9.86. The number of fused-ring (bicyclic) bond motifs is 1. The number of nitrogens with zero attached hydrogens (tertiary/aromatic N) is 4. The van der Waals surface area contributed by atoms with Crippen LogP contribution in [0.25, 0.3) is 89.4 Å². The van der Waals surface area contributed by atoms with Gasteiger partial charge in [-0.05, 0) is 79.5 Å². The van der Waals surface area contributed by atoms with E-state index in [0.717, 1.165) is 61.2 Å². The second-order valence-corrected chi connectivity index (χ2v) is 13.2. The van der Waals surface area contributed by atoms with Crippen molar-refractivity contribution < 1.29 is 0 Å². The molecule has 0 fully saturated rings. The third-order valence-corrected chi connectivity index (χ3v) is 9.75. The molecule has 1 aromatic heterocycles. The van der Waals surface area contributed by atoms with Crippen LogP contribution in [0.5, 0.6) is 0 Å². The first-order valence-corrected chi connectivity index (χ1v) is 17.9. The summed E-state index contributed by atoms with van der Waals surface area (Å²) in [6, 6.07) is 69.0. The number of benzene rings is 8. The fourth-order valence-electron chi connectivity index (χ4n) is 7.07. The molecule has 0 saturated heterocycles. The number of rotatable bonds is 7. The molecule has 0 aliphatic rings. The van der Waals surface area contributed by atoms with Crippen molar-refractivity contribution in [3.05, 3.63) is 200 Å². The van der Waals surface area contributed by atoms with Crippen LogP contribution in [0, 0.1) is 11.3 Å². The van der Waals surface area contributed by atoms with Gasteiger partial charge in [-0.2, -0.15) is 5.26 Å². The quantitative estimate of drug-likeness (QED) is 0.167.